The van der Waals surface area contributed by atoms with E-state index in [1.807, 2.05) is 13.8 Å². The summed E-state index contributed by atoms with van der Waals surface area (Å²) in [5.41, 5.74) is 0.994. The summed E-state index contributed by atoms with van der Waals surface area (Å²) in [5, 5.41) is 3.50. The van der Waals surface area contributed by atoms with Crippen molar-refractivity contribution in [1.82, 2.24) is 15.2 Å². The molecule has 1 aliphatic heterocycles. The van der Waals surface area contributed by atoms with Gasteiger partial charge in [0, 0.05) is 18.6 Å². The molecule has 16 heavy (non-hydrogen) atoms. The molecule has 1 N–H and O–H groups in total. The van der Waals surface area contributed by atoms with Crippen molar-refractivity contribution >= 4 is 0 Å². The lowest BCUT2D eigenvalue weighted by Gasteiger charge is -2.12. The van der Waals surface area contributed by atoms with Crippen molar-refractivity contribution in [3.05, 3.63) is 17.3 Å². The normalized spacial score (nSPS) is 26.5. The third-order valence-electron chi connectivity index (χ3n) is 3.50. The first-order valence-corrected chi connectivity index (χ1v) is 5.92. The Morgan fingerprint density at radius 3 is 2.75 bits per heavy atom. The van der Waals surface area contributed by atoms with Crippen molar-refractivity contribution in [1.29, 1.82) is 0 Å². The number of likely N-dealkylation sites (N-methyl/N-ethyl adjacent to an activating group) is 1. The summed E-state index contributed by atoms with van der Waals surface area (Å²) in [4.78, 5) is 6.75. The first-order valence-electron chi connectivity index (χ1n) is 5.92. The van der Waals surface area contributed by atoms with Gasteiger partial charge in [-0.05, 0) is 34.2 Å². The van der Waals surface area contributed by atoms with E-state index >= 15 is 0 Å². The highest BCUT2D eigenvalue weighted by molar-refractivity contribution is 5.05. The van der Waals surface area contributed by atoms with Crippen LogP contribution in [0.25, 0.3) is 0 Å². The molecule has 0 aromatic carbocycles. The summed E-state index contributed by atoms with van der Waals surface area (Å²) in [5.74, 6) is 1.73. The fraction of sp³-hybridized carbons (Fsp3) is 0.750. The molecule has 4 heteroatoms. The zero-order chi connectivity index (χ0) is 11.7. The maximum Gasteiger partial charge on any atom is 0.208 e. The Hall–Kier alpha value is -0.870. The van der Waals surface area contributed by atoms with Gasteiger partial charge in [-0.15, -0.1) is 0 Å². The van der Waals surface area contributed by atoms with Crippen LogP contribution in [0.5, 0.6) is 0 Å². The minimum absolute atomic E-state index is 0.563. The van der Waals surface area contributed by atoms with E-state index in [0.29, 0.717) is 12.1 Å². The molecule has 0 bridgehead atoms. The smallest absolute Gasteiger partial charge is 0.208 e. The molecule has 1 saturated heterocycles. The van der Waals surface area contributed by atoms with Crippen LogP contribution in [0.2, 0.25) is 0 Å². The number of likely N-dealkylation sites (tertiary alicyclic amines) is 1. The summed E-state index contributed by atoms with van der Waals surface area (Å²) in [6.07, 6.45) is 1.20. The molecule has 0 saturated carbocycles. The van der Waals surface area contributed by atoms with Gasteiger partial charge in [0.15, 0.2) is 0 Å². The number of rotatable bonds is 3. The number of hydrogen-bond donors (Lipinski definition) is 1. The van der Waals surface area contributed by atoms with E-state index in [4.69, 9.17) is 4.42 Å². The van der Waals surface area contributed by atoms with E-state index in [9.17, 15) is 0 Å². The molecule has 0 spiro atoms. The Kier molecular flexibility index (Phi) is 3.30. The van der Waals surface area contributed by atoms with Gasteiger partial charge in [-0.2, -0.15) is 0 Å². The van der Waals surface area contributed by atoms with Crippen LogP contribution < -0.4 is 5.32 Å². The summed E-state index contributed by atoms with van der Waals surface area (Å²) in [7, 11) is 2.17. The SMILES string of the molecule is Cc1nc(CNC2CC(C)N(C)C2)oc1C. The Morgan fingerprint density at radius 2 is 2.25 bits per heavy atom. The summed E-state index contributed by atoms with van der Waals surface area (Å²) in [6.45, 7) is 8.05. The quantitative estimate of drug-likeness (QED) is 0.842. The molecule has 0 radical (unpaired) electrons. The van der Waals surface area contributed by atoms with Crippen LogP contribution in [-0.2, 0) is 6.54 Å². The molecule has 1 aromatic rings. The van der Waals surface area contributed by atoms with E-state index in [1.54, 1.807) is 0 Å². The van der Waals surface area contributed by atoms with E-state index in [1.165, 1.54) is 6.42 Å². The molecule has 4 nitrogen and oxygen atoms in total. The average Bonchev–Trinajstić information content (AvgIpc) is 2.70. The first-order chi connectivity index (χ1) is 7.56. The van der Waals surface area contributed by atoms with Crippen molar-refractivity contribution in [3.63, 3.8) is 0 Å². The number of nitrogens with zero attached hydrogens (tertiary/aromatic N) is 2. The highest BCUT2D eigenvalue weighted by atomic mass is 16.4. The third-order valence-corrected chi connectivity index (χ3v) is 3.50. The van der Waals surface area contributed by atoms with E-state index in [-0.39, 0.29) is 0 Å². The van der Waals surface area contributed by atoms with E-state index < -0.39 is 0 Å². The fourth-order valence-electron chi connectivity index (χ4n) is 2.19. The number of aromatic nitrogens is 1. The predicted molar refractivity (Wildman–Crippen MR) is 63.3 cm³/mol. The minimum Gasteiger partial charge on any atom is -0.444 e. The first kappa shape index (κ1) is 11.6. The van der Waals surface area contributed by atoms with Crippen LogP contribution >= 0.6 is 0 Å². The number of hydrogen-bond acceptors (Lipinski definition) is 4. The summed E-state index contributed by atoms with van der Waals surface area (Å²) in [6, 6.07) is 1.23. The van der Waals surface area contributed by atoms with Gasteiger partial charge in [0.2, 0.25) is 5.89 Å². The van der Waals surface area contributed by atoms with Crippen molar-refractivity contribution in [2.75, 3.05) is 13.6 Å². The molecule has 1 aromatic heterocycles. The van der Waals surface area contributed by atoms with Gasteiger partial charge in [0.05, 0.1) is 12.2 Å². The largest absolute Gasteiger partial charge is 0.444 e. The van der Waals surface area contributed by atoms with Gasteiger partial charge >= 0.3 is 0 Å². The van der Waals surface area contributed by atoms with Crippen molar-refractivity contribution in [3.8, 4) is 0 Å². The predicted octanol–water partition coefficient (Wildman–Crippen LogP) is 1.47. The Bertz CT molecular complexity index is 332. The molecular formula is C12H21N3O. The van der Waals surface area contributed by atoms with Crippen molar-refractivity contribution in [2.24, 2.45) is 0 Å². The number of nitrogens with one attached hydrogen (secondary N) is 1. The number of oxazole rings is 1. The monoisotopic (exact) mass is 223 g/mol. The molecule has 2 heterocycles. The van der Waals surface area contributed by atoms with Crippen LogP contribution in [0.4, 0.5) is 0 Å². The molecule has 2 atom stereocenters. The second-order valence-electron chi connectivity index (χ2n) is 4.85. The molecule has 1 aliphatic rings. The highest BCUT2D eigenvalue weighted by Crippen LogP contribution is 2.15. The molecule has 2 rings (SSSR count). The zero-order valence-electron chi connectivity index (χ0n) is 10.6. The molecule has 2 unspecified atom stereocenters. The Morgan fingerprint density at radius 1 is 1.50 bits per heavy atom. The molecule has 0 amide bonds. The lowest BCUT2D eigenvalue weighted by atomic mass is 10.2. The lowest BCUT2D eigenvalue weighted by Crippen LogP contribution is -2.31. The Balaban J connectivity index is 1.84. The lowest BCUT2D eigenvalue weighted by molar-refractivity contribution is 0.325. The average molecular weight is 223 g/mol. The van der Waals surface area contributed by atoms with Crippen LogP contribution in [-0.4, -0.2) is 35.6 Å². The second kappa shape index (κ2) is 4.55. The molecule has 1 fully saturated rings. The summed E-state index contributed by atoms with van der Waals surface area (Å²) >= 11 is 0. The highest BCUT2D eigenvalue weighted by Gasteiger charge is 2.25. The topological polar surface area (TPSA) is 41.3 Å². The standard InChI is InChI=1S/C12H21N3O/c1-8-5-11(7-15(8)4)13-6-12-14-9(2)10(3)16-12/h8,11,13H,5-7H2,1-4H3. The van der Waals surface area contributed by atoms with Crippen LogP contribution in [0.3, 0.4) is 0 Å². The molecular weight excluding hydrogens is 202 g/mol. The van der Waals surface area contributed by atoms with Gasteiger partial charge in [0.25, 0.3) is 0 Å². The van der Waals surface area contributed by atoms with Crippen LogP contribution in [0.15, 0.2) is 4.42 Å². The van der Waals surface area contributed by atoms with Crippen LogP contribution in [0.1, 0.15) is 30.7 Å². The van der Waals surface area contributed by atoms with Gasteiger partial charge < -0.3 is 14.6 Å². The zero-order valence-corrected chi connectivity index (χ0v) is 10.6. The van der Waals surface area contributed by atoms with Gasteiger partial charge in [-0.3, -0.25) is 0 Å². The second-order valence-corrected chi connectivity index (χ2v) is 4.85. The minimum atomic E-state index is 0.563. The van der Waals surface area contributed by atoms with Gasteiger partial charge in [0.1, 0.15) is 5.76 Å². The van der Waals surface area contributed by atoms with Crippen LogP contribution in [0, 0.1) is 13.8 Å². The maximum absolute atomic E-state index is 5.54. The van der Waals surface area contributed by atoms with E-state index in [0.717, 1.165) is 30.4 Å². The van der Waals surface area contributed by atoms with Gasteiger partial charge in [-0.1, -0.05) is 0 Å². The summed E-state index contributed by atoms with van der Waals surface area (Å²) < 4.78 is 5.54. The van der Waals surface area contributed by atoms with Gasteiger partial charge in [-0.25, -0.2) is 4.98 Å². The van der Waals surface area contributed by atoms with Crippen molar-refractivity contribution < 1.29 is 4.42 Å². The van der Waals surface area contributed by atoms with Crippen molar-refractivity contribution in [2.45, 2.75) is 45.8 Å². The van der Waals surface area contributed by atoms with E-state index in [2.05, 4.69) is 29.2 Å². The molecule has 90 valence electrons. The molecule has 0 aliphatic carbocycles. The Labute approximate surface area is 97.0 Å². The third kappa shape index (κ3) is 2.44. The maximum atomic E-state index is 5.54. The fourth-order valence-corrected chi connectivity index (χ4v) is 2.19. The number of aryl methyl sites for hydroxylation is 2.